The summed E-state index contributed by atoms with van der Waals surface area (Å²) in [4.78, 5) is 1.39. The Morgan fingerprint density at radius 3 is 2.67 bits per heavy atom. The molecule has 0 aliphatic rings. The van der Waals surface area contributed by atoms with E-state index in [9.17, 15) is 0 Å². The summed E-state index contributed by atoms with van der Waals surface area (Å²) < 4.78 is 1.02. The van der Waals surface area contributed by atoms with Gasteiger partial charge in [-0.3, -0.25) is 0 Å². The topological polar surface area (TPSA) is 37.8 Å². The second-order valence-electron chi connectivity index (χ2n) is 5.81. The van der Waals surface area contributed by atoms with Crippen LogP contribution < -0.4 is 5.32 Å². The molecular weight excluding hydrogens is 354 g/mol. The Hall–Kier alpha value is -1.37. The molecule has 0 radical (unpaired) electrons. The zero-order valence-corrected chi connectivity index (χ0v) is 16.3. The van der Waals surface area contributed by atoms with E-state index in [0.29, 0.717) is 5.92 Å². The van der Waals surface area contributed by atoms with E-state index in [1.54, 1.807) is 34.4 Å². The molecular formula is C18H21N3S3. The second-order valence-corrected chi connectivity index (χ2v) is 9.05. The Morgan fingerprint density at radius 1 is 1.12 bits per heavy atom. The molecule has 1 aromatic carbocycles. The summed E-state index contributed by atoms with van der Waals surface area (Å²) in [5.74, 6) is 1.51. The second kappa shape index (κ2) is 8.65. The van der Waals surface area contributed by atoms with E-state index in [1.807, 2.05) is 0 Å². The molecule has 126 valence electrons. The summed E-state index contributed by atoms with van der Waals surface area (Å²) in [6, 6.07) is 13.1. The van der Waals surface area contributed by atoms with Gasteiger partial charge in [0.1, 0.15) is 0 Å². The first-order valence-corrected chi connectivity index (χ1v) is 10.7. The van der Waals surface area contributed by atoms with Crippen molar-refractivity contribution in [2.75, 3.05) is 11.9 Å². The molecule has 3 rings (SSSR count). The maximum absolute atomic E-state index is 4.26. The van der Waals surface area contributed by atoms with Gasteiger partial charge in [0, 0.05) is 17.2 Å². The zero-order valence-electron chi connectivity index (χ0n) is 13.9. The van der Waals surface area contributed by atoms with Crippen LogP contribution in [0.5, 0.6) is 0 Å². The van der Waals surface area contributed by atoms with Crippen molar-refractivity contribution in [1.82, 2.24) is 10.2 Å². The average molecular weight is 376 g/mol. The molecule has 0 fully saturated rings. The number of thiophene rings is 1. The van der Waals surface area contributed by atoms with Crippen molar-refractivity contribution in [3.8, 4) is 0 Å². The summed E-state index contributed by atoms with van der Waals surface area (Å²) in [5, 5.41) is 14.9. The van der Waals surface area contributed by atoms with E-state index in [2.05, 4.69) is 71.1 Å². The minimum absolute atomic E-state index is 0.581. The van der Waals surface area contributed by atoms with Crippen LogP contribution in [0.4, 0.5) is 5.13 Å². The monoisotopic (exact) mass is 375 g/mol. The first-order valence-electron chi connectivity index (χ1n) is 8.02. The summed E-state index contributed by atoms with van der Waals surface area (Å²) >= 11 is 5.17. The number of nitrogens with zero attached hydrogens (tertiary/aromatic N) is 2. The highest BCUT2D eigenvalue weighted by Gasteiger charge is 2.06. The smallest absolute Gasteiger partial charge is 0.206 e. The van der Waals surface area contributed by atoms with E-state index in [-0.39, 0.29) is 0 Å². The van der Waals surface area contributed by atoms with Gasteiger partial charge in [-0.1, -0.05) is 67.3 Å². The molecule has 1 N–H and O–H groups in total. The lowest BCUT2D eigenvalue weighted by molar-refractivity contribution is 0.866. The van der Waals surface area contributed by atoms with Gasteiger partial charge < -0.3 is 5.32 Å². The molecule has 3 aromatic rings. The number of rotatable bonds is 8. The van der Waals surface area contributed by atoms with Crippen LogP contribution in [0.25, 0.3) is 0 Å². The Balaban J connectivity index is 1.45. The maximum Gasteiger partial charge on any atom is 0.206 e. The third-order valence-corrected chi connectivity index (χ3v) is 6.66. The largest absolute Gasteiger partial charge is 0.360 e. The standard InChI is InChI=1S/C18H21N3S3/c1-13(2)15-7-5-14(6-8-15)12-23-18-21-20-17(24-18)19-10-9-16-4-3-11-22-16/h3-8,11,13H,9-10,12H2,1-2H3,(H,19,20). The van der Waals surface area contributed by atoms with Gasteiger partial charge in [0.25, 0.3) is 0 Å². The first kappa shape index (κ1) is 17.5. The fourth-order valence-corrected chi connectivity index (χ4v) is 4.67. The number of hydrogen-bond acceptors (Lipinski definition) is 6. The molecule has 0 saturated heterocycles. The molecule has 6 heteroatoms. The van der Waals surface area contributed by atoms with Gasteiger partial charge in [0.15, 0.2) is 4.34 Å². The molecule has 24 heavy (non-hydrogen) atoms. The maximum atomic E-state index is 4.26. The van der Waals surface area contributed by atoms with E-state index >= 15 is 0 Å². The van der Waals surface area contributed by atoms with Crippen molar-refractivity contribution in [3.05, 3.63) is 57.8 Å². The number of aromatic nitrogens is 2. The van der Waals surface area contributed by atoms with Gasteiger partial charge in [-0.25, -0.2) is 0 Å². The Labute approximate surface area is 155 Å². The number of anilines is 1. The van der Waals surface area contributed by atoms with Crippen LogP contribution in [0.2, 0.25) is 0 Å². The summed E-state index contributed by atoms with van der Waals surface area (Å²) in [5.41, 5.74) is 2.71. The Morgan fingerprint density at radius 2 is 1.96 bits per heavy atom. The average Bonchev–Trinajstić information content (AvgIpc) is 3.25. The van der Waals surface area contributed by atoms with Gasteiger partial charge in [-0.05, 0) is 34.9 Å². The van der Waals surface area contributed by atoms with Crippen LogP contribution in [0.3, 0.4) is 0 Å². The van der Waals surface area contributed by atoms with Gasteiger partial charge in [0.2, 0.25) is 5.13 Å². The van der Waals surface area contributed by atoms with Crippen LogP contribution in [0.15, 0.2) is 46.1 Å². The summed E-state index contributed by atoms with van der Waals surface area (Å²) in [7, 11) is 0. The molecule has 0 saturated carbocycles. The Bertz CT molecular complexity index is 733. The van der Waals surface area contributed by atoms with Gasteiger partial charge >= 0.3 is 0 Å². The number of nitrogens with one attached hydrogen (secondary N) is 1. The molecule has 3 nitrogen and oxygen atoms in total. The minimum atomic E-state index is 0.581. The van der Waals surface area contributed by atoms with Crippen LogP contribution in [-0.2, 0) is 12.2 Å². The lowest BCUT2D eigenvalue weighted by Crippen LogP contribution is -2.03. The van der Waals surface area contributed by atoms with Gasteiger partial charge in [-0.2, -0.15) is 0 Å². The number of thioether (sulfide) groups is 1. The molecule has 0 atom stereocenters. The van der Waals surface area contributed by atoms with Crippen molar-refractivity contribution in [1.29, 1.82) is 0 Å². The third-order valence-electron chi connectivity index (χ3n) is 3.64. The van der Waals surface area contributed by atoms with E-state index in [0.717, 1.165) is 28.2 Å². The summed E-state index contributed by atoms with van der Waals surface area (Å²) in [6.07, 6.45) is 1.03. The quantitative estimate of drug-likeness (QED) is 0.515. The minimum Gasteiger partial charge on any atom is -0.360 e. The molecule has 0 spiro atoms. The SMILES string of the molecule is CC(C)c1ccc(CSc2nnc(NCCc3cccs3)s2)cc1. The Kier molecular flexibility index (Phi) is 6.29. The van der Waals surface area contributed by atoms with E-state index in [4.69, 9.17) is 0 Å². The molecule has 0 aliphatic heterocycles. The normalized spacial score (nSPS) is 11.1. The molecule has 2 heterocycles. The van der Waals surface area contributed by atoms with Crippen LogP contribution in [0.1, 0.15) is 35.8 Å². The molecule has 0 unspecified atom stereocenters. The highest BCUT2D eigenvalue weighted by atomic mass is 32.2. The molecule has 2 aromatic heterocycles. The molecule has 0 bridgehead atoms. The summed E-state index contributed by atoms with van der Waals surface area (Å²) in [6.45, 7) is 5.34. The van der Waals surface area contributed by atoms with Crippen LogP contribution in [-0.4, -0.2) is 16.7 Å². The fourth-order valence-electron chi connectivity index (χ4n) is 2.23. The van der Waals surface area contributed by atoms with Gasteiger partial charge in [-0.15, -0.1) is 21.5 Å². The van der Waals surface area contributed by atoms with Crippen LogP contribution in [0, 0.1) is 0 Å². The van der Waals surface area contributed by atoms with Crippen molar-refractivity contribution in [3.63, 3.8) is 0 Å². The van der Waals surface area contributed by atoms with Crippen molar-refractivity contribution in [2.45, 2.75) is 36.3 Å². The van der Waals surface area contributed by atoms with E-state index < -0.39 is 0 Å². The van der Waals surface area contributed by atoms with E-state index in [1.165, 1.54) is 16.0 Å². The zero-order chi connectivity index (χ0) is 16.8. The lowest BCUT2D eigenvalue weighted by atomic mass is 10.0. The molecule has 0 aliphatic carbocycles. The third kappa shape index (κ3) is 5.06. The predicted octanol–water partition coefficient (Wildman–Crippen LogP) is 5.67. The van der Waals surface area contributed by atoms with Crippen molar-refractivity contribution in [2.24, 2.45) is 0 Å². The fraction of sp³-hybridized carbons (Fsp3) is 0.333. The van der Waals surface area contributed by atoms with Crippen molar-refractivity contribution < 1.29 is 0 Å². The van der Waals surface area contributed by atoms with Crippen molar-refractivity contribution >= 4 is 39.6 Å². The first-order chi connectivity index (χ1) is 11.7. The number of benzene rings is 1. The highest BCUT2D eigenvalue weighted by Crippen LogP contribution is 2.28. The highest BCUT2D eigenvalue weighted by molar-refractivity contribution is 8.00. The lowest BCUT2D eigenvalue weighted by Gasteiger charge is -2.06. The number of hydrogen-bond donors (Lipinski definition) is 1. The molecule has 0 amide bonds. The van der Waals surface area contributed by atoms with Crippen LogP contribution >= 0.6 is 34.4 Å². The predicted molar refractivity (Wildman–Crippen MR) is 107 cm³/mol. The van der Waals surface area contributed by atoms with Gasteiger partial charge in [0.05, 0.1) is 0 Å².